The molecule has 4 nitrogen and oxygen atoms in total. The van der Waals surface area contributed by atoms with Gasteiger partial charge in [-0.05, 0) is 42.7 Å². The lowest BCUT2D eigenvalue weighted by Gasteiger charge is -2.25. The first-order valence-electron chi connectivity index (χ1n) is 7.40. The second-order valence-corrected chi connectivity index (χ2v) is 5.38. The minimum Gasteiger partial charge on any atom is -0.317 e. The van der Waals surface area contributed by atoms with Crippen LogP contribution in [0.1, 0.15) is 30.0 Å². The molecule has 1 unspecified atom stereocenters. The van der Waals surface area contributed by atoms with Gasteiger partial charge in [0.15, 0.2) is 0 Å². The van der Waals surface area contributed by atoms with Crippen LogP contribution in [0, 0.1) is 11.3 Å². The Bertz CT molecular complexity index is 689. The number of nitrogens with zero attached hydrogens (tertiary/aromatic N) is 2. The summed E-state index contributed by atoms with van der Waals surface area (Å²) in [6.45, 7) is 0.766. The molecule has 1 aliphatic rings. The van der Waals surface area contributed by atoms with Gasteiger partial charge < -0.3 is 10.2 Å². The number of anilines is 1. The average Bonchev–Trinajstić information content (AvgIpc) is 3.06. The summed E-state index contributed by atoms with van der Waals surface area (Å²) >= 11 is 0. The van der Waals surface area contributed by atoms with E-state index < -0.39 is 0 Å². The predicted molar refractivity (Wildman–Crippen MR) is 85.3 cm³/mol. The van der Waals surface area contributed by atoms with Gasteiger partial charge in [0.25, 0.3) is 0 Å². The first-order chi connectivity index (χ1) is 10.8. The highest BCUT2D eigenvalue weighted by Crippen LogP contribution is 2.32. The van der Waals surface area contributed by atoms with E-state index in [9.17, 15) is 4.79 Å². The van der Waals surface area contributed by atoms with E-state index in [0.29, 0.717) is 11.3 Å². The molecule has 0 radical (unpaired) electrons. The topological polar surface area (TPSA) is 56.1 Å². The van der Waals surface area contributed by atoms with Gasteiger partial charge in [0.05, 0.1) is 17.7 Å². The Morgan fingerprint density at radius 3 is 2.55 bits per heavy atom. The quantitative estimate of drug-likeness (QED) is 0.911. The summed E-state index contributed by atoms with van der Waals surface area (Å²) in [4.78, 5) is 14.4. The fourth-order valence-corrected chi connectivity index (χ4v) is 2.85. The smallest absolute Gasteiger partial charge is 0.317 e. The molecule has 0 spiro atoms. The van der Waals surface area contributed by atoms with Gasteiger partial charge in [-0.1, -0.05) is 30.3 Å². The van der Waals surface area contributed by atoms with Crippen LogP contribution in [-0.2, 0) is 0 Å². The van der Waals surface area contributed by atoms with E-state index in [1.54, 1.807) is 24.3 Å². The predicted octanol–water partition coefficient (Wildman–Crippen LogP) is 3.93. The van der Waals surface area contributed by atoms with Crippen molar-refractivity contribution in [2.24, 2.45) is 0 Å². The van der Waals surface area contributed by atoms with Gasteiger partial charge in [0, 0.05) is 12.2 Å². The van der Waals surface area contributed by atoms with Crippen molar-refractivity contribution in [3.63, 3.8) is 0 Å². The fourth-order valence-electron chi connectivity index (χ4n) is 2.85. The molecule has 1 saturated heterocycles. The van der Waals surface area contributed by atoms with E-state index >= 15 is 0 Å². The van der Waals surface area contributed by atoms with Gasteiger partial charge >= 0.3 is 6.03 Å². The van der Waals surface area contributed by atoms with E-state index in [-0.39, 0.29) is 12.1 Å². The average molecular weight is 291 g/mol. The SMILES string of the molecule is N#Cc1ccc(NC(=O)N2CCCC2c2ccccc2)cc1. The monoisotopic (exact) mass is 291 g/mol. The van der Waals surface area contributed by atoms with E-state index in [1.165, 1.54) is 5.56 Å². The lowest BCUT2D eigenvalue weighted by atomic mass is 10.1. The minimum atomic E-state index is -0.0870. The molecule has 3 rings (SSSR count). The van der Waals surface area contributed by atoms with Crippen LogP contribution in [0.5, 0.6) is 0 Å². The Balaban J connectivity index is 1.72. The molecule has 0 bridgehead atoms. The number of hydrogen-bond acceptors (Lipinski definition) is 2. The van der Waals surface area contributed by atoms with E-state index in [2.05, 4.69) is 23.5 Å². The Labute approximate surface area is 130 Å². The highest BCUT2D eigenvalue weighted by molar-refractivity contribution is 5.89. The van der Waals surface area contributed by atoms with Crippen molar-refractivity contribution < 1.29 is 4.79 Å². The molecule has 4 heteroatoms. The molecule has 2 amide bonds. The van der Waals surface area contributed by atoms with Crippen molar-refractivity contribution in [3.05, 3.63) is 65.7 Å². The third kappa shape index (κ3) is 2.94. The van der Waals surface area contributed by atoms with Gasteiger partial charge in [0.2, 0.25) is 0 Å². The second kappa shape index (κ2) is 6.31. The zero-order chi connectivity index (χ0) is 15.4. The van der Waals surface area contributed by atoms with Crippen molar-refractivity contribution in [3.8, 4) is 6.07 Å². The summed E-state index contributed by atoms with van der Waals surface area (Å²) in [6.07, 6.45) is 2.01. The van der Waals surface area contributed by atoms with Crippen LogP contribution < -0.4 is 5.32 Å². The molecule has 2 aromatic rings. The minimum absolute atomic E-state index is 0.0870. The molecule has 0 aliphatic carbocycles. The number of hydrogen-bond donors (Lipinski definition) is 1. The zero-order valence-electron chi connectivity index (χ0n) is 12.2. The van der Waals surface area contributed by atoms with Gasteiger partial charge in [-0.25, -0.2) is 4.79 Å². The lowest BCUT2D eigenvalue weighted by Crippen LogP contribution is -2.34. The number of benzene rings is 2. The third-order valence-electron chi connectivity index (χ3n) is 3.96. The number of amides is 2. The molecule has 1 aliphatic heterocycles. The van der Waals surface area contributed by atoms with E-state index in [1.807, 2.05) is 23.1 Å². The van der Waals surface area contributed by atoms with Crippen LogP contribution in [0.15, 0.2) is 54.6 Å². The Kier molecular flexibility index (Phi) is 4.06. The highest BCUT2D eigenvalue weighted by atomic mass is 16.2. The number of rotatable bonds is 2. The maximum atomic E-state index is 12.5. The summed E-state index contributed by atoms with van der Waals surface area (Å²) in [6, 6.07) is 19.2. The molecule has 1 heterocycles. The van der Waals surface area contributed by atoms with Crippen LogP contribution >= 0.6 is 0 Å². The molecule has 110 valence electrons. The highest BCUT2D eigenvalue weighted by Gasteiger charge is 2.29. The van der Waals surface area contributed by atoms with Crippen molar-refractivity contribution in [2.45, 2.75) is 18.9 Å². The molecule has 1 atom stereocenters. The molecule has 1 fully saturated rings. The summed E-state index contributed by atoms with van der Waals surface area (Å²) in [5, 5.41) is 11.7. The molecular weight excluding hydrogens is 274 g/mol. The first kappa shape index (κ1) is 14.2. The maximum Gasteiger partial charge on any atom is 0.322 e. The molecule has 1 N–H and O–H groups in total. The Hall–Kier alpha value is -2.80. The normalized spacial score (nSPS) is 17.0. The van der Waals surface area contributed by atoms with E-state index in [0.717, 1.165) is 19.4 Å². The summed E-state index contributed by atoms with van der Waals surface area (Å²) in [5.41, 5.74) is 2.47. The van der Waals surface area contributed by atoms with Crippen molar-refractivity contribution in [1.82, 2.24) is 4.90 Å². The summed E-state index contributed by atoms with van der Waals surface area (Å²) in [5.74, 6) is 0. The van der Waals surface area contributed by atoms with Crippen LogP contribution in [0.4, 0.5) is 10.5 Å². The van der Waals surface area contributed by atoms with Crippen LogP contribution in [-0.4, -0.2) is 17.5 Å². The number of carbonyl (C=O) groups is 1. The Morgan fingerprint density at radius 2 is 1.86 bits per heavy atom. The van der Waals surface area contributed by atoms with Gasteiger partial charge in [-0.2, -0.15) is 5.26 Å². The van der Waals surface area contributed by atoms with Gasteiger partial charge in [-0.15, -0.1) is 0 Å². The maximum absolute atomic E-state index is 12.5. The number of likely N-dealkylation sites (tertiary alicyclic amines) is 1. The Morgan fingerprint density at radius 1 is 1.14 bits per heavy atom. The van der Waals surface area contributed by atoms with Crippen LogP contribution in [0.3, 0.4) is 0 Å². The largest absolute Gasteiger partial charge is 0.322 e. The molecular formula is C18H17N3O. The number of nitrogens with one attached hydrogen (secondary N) is 1. The standard InChI is InChI=1S/C18H17N3O/c19-13-14-8-10-16(11-9-14)20-18(22)21-12-4-7-17(21)15-5-2-1-3-6-15/h1-3,5-6,8-11,17H,4,7,12H2,(H,20,22). The number of carbonyl (C=O) groups excluding carboxylic acids is 1. The lowest BCUT2D eigenvalue weighted by molar-refractivity contribution is 0.207. The summed E-state index contributed by atoms with van der Waals surface area (Å²) < 4.78 is 0. The van der Waals surface area contributed by atoms with Crippen molar-refractivity contribution in [2.75, 3.05) is 11.9 Å². The van der Waals surface area contributed by atoms with Crippen LogP contribution in [0.2, 0.25) is 0 Å². The van der Waals surface area contributed by atoms with Gasteiger partial charge in [0.1, 0.15) is 0 Å². The van der Waals surface area contributed by atoms with Crippen molar-refractivity contribution >= 4 is 11.7 Å². The number of urea groups is 1. The van der Waals surface area contributed by atoms with E-state index in [4.69, 9.17) is 5.26 Å². The third-order valence-corrected chi connectivity index (χ3v) is 3.96. The first-order valence-corrected chi connectivity index (χ1v) is 7.40. The zero-order valence-corrected chi connectivity index (χ0v) is 12.2. The van der Waals surface area contributed by atoms with Crippen LogP contribution in [0.25, 0.3) is 0 Å². The number of nitriles is 1. The van der Waals surface area contributed by atoms with Crippen molar-refractivity contribution in [1.29, 1.82) is 5.26 Å². The van der Waals surface area contributed by atoms with Gasteiger partial charge in [-0.3, -0.25) is 0 Å². The fraction of sp³-hybridized carbons (Fsp3) is 0.222. The molecule has 22 heavy (non-hydrogen) atoms. The summed E-state index contributed by atoms with van der Waals surface area (Å²) in [7, 11) is 0. The molecule has 2 aromatic carbocycles. The molecule has 0 saturated carbocycles. The molecule has 0 aromatic heterocycles. The second-order valence-electron chi connectivity index (χ2n) is 5.38.